The van der Waals surface area contributed by atoms with Crippen molar-refractivity contribution in [3.05, 3.63) is 204 Å². The van der Waals surface area contributed by atoms with Crippen LogP contribution in [0.25, 0.3) is 54.2 Å². The molecular formula is C54H50Zr. The summed E-state index contributed by atoms with van der Waals surface area (Å²) in [5.74, 6) is 0. The van der Waals surface area contributed by atoms with Crippen LogP contribution in [0.1, 0.15) is 69.4 Å². The Morgan fingerprint density at radius 2 is 0.891 bits per heavy atom. The molecule has 0 saturated carbocycles. The zero-order chi connectivity index (χ0) is 38.7. The maximum absolute atomic E-state index is 2.35. The first kappa shape index (κ1) is 38.3. The van der Waals surface area contributed by atoms with Gasteiger partial charge in [-0.1, -0.05) is 138 Å². The minimum absolute atomic E-state index is 0.203. The molecule has 0 saturated heterocycles. The molecule has 1 heteroatoms. The molecule has 0 N–H and O–H groups in total. The van der Waals surface area contributed by atoms with Crippen molar-refractivity contribution in [1.82, 2.24) is 0 Å². The number of benzene rings is 7. The summed E-state index contributed by atoms with van der Waals surface area (Å²) in [6.45, 7) is 15.8. The van der Waals surface area contributed by atoms with Gasteiger partial charge in [-0.3, -0.25) is 0 Å². The van der Waals surface area contributed by atoms with Crippen LogP contribution in [-0.2, 0) is 35.1 Å². The van der Waals surface area contributed by atoms with Crippen molar-refractivity contribution in [1.29, 1.82) is 0 Å². The van der Waals surface area contributed by atoms with E-state index in [-0.39, 0.29) is 10.8 Å². The van der Waals surface area contributed by atoms with Crippen molar-refractivity contribution in [2.45, 2.75) is 59.3 Å². The van der Waals surface area contributed by atoms with Gasteiger partial charge in [0.05, 0.1) is 0 Å². The summed E-state index contributed by atoms with van der Waals surface area (Å²) in [6, 6.07) is 63.5. The van der Waals surface area contributed by atoms with E-state index in [4.69, 9.17) is 0 Å². The minimum atomic E-state index is 0.203. The van der Waals surface area contributed by atoms with E-state index in [2.05, 4.69) is 224 Å². The summed E-state index contributed by atoms with van der Waals surface area (Å²) in [5, 5.41) is 10.8. The van der Waals surface area contributed by atoms with Crippen LogP contribution in [-0.4, -0.2) is 3.21 Å². The molecule has 9 rings (SSSR count). The molecule has 9 aromatic rings. The molecule has 0 heterocycles. The predicted octanol–water partition coefficient (Wildman–Crippen LogP) is 14.8. The van der Waals surface area contributed by atoms with Crippen molar-refractivity contribution in [3.8, 4) is 11.1 Å². The molecule has 0 unspecified atom stereocenters. The van der Waals surface area contributed by atoms with Crippen LogP contribution >= 0.6 is 0 Å². The molecule has 0 aliphatic heterocycles. The van der Waals surface area contributed by atoms with E-state index in [0.29, 0.717) is 0 Å². The first-order valence-electron chi connectivity index (χ1n) is 19.3. The zero-order valence-corrected chi connectivity index (χ0v) is 35.7. The number of hydrogen-bond acceptors (Lipinski definition) is 0. The molecule has 0 fully saturated rings. The monoisotopic (exact) mass is 788 g/mol. The van der Waals surface area contributed by atoms with Crippen LogP contribution in [0.5, 0.6) is 0 Å². The van der Waals surface area contributed by atoms with Crippen molar-refractivity contribution in [2.24, 2.45) is 0 Å². The topological polar surface area (TPSA) is 0 Å². The quantitative estimate of drug-likeness (QED) is 0.156. The second-order valence-electron chi connectivity index (χ2n) is 16.7. The number of aryl methyl sites for hydroxylation is 1. The van der Waals surface area contributed by atoms with Gasteiger partial charge in [0.2, 0.25) is 0 Å². The summed E-state index contributed by atoms with van der Waals surface area (Å²) < 4.78 is 1.42. The molecule has 0 aliphatic rings. The second kappa shape index (κ2) is 16.0. The van der Waals surface area contributed by atoms with Gasteiger partial charge < -0.3 is 0 Å². The fourth-order valence-corrected chi connectivity index (χ4v) is 8.23. The molecule has 0 amide bonds. The van der Waals surface area contributed by atoms with E-state index in [0.717, 1.165) is 0 Å². The van der Waals surface area contributed by atoms with Gasteiger partial charge in [0, 0.05) is 0 Å². The summed E-state index contributed by atoms with van der Waals surface area (Å²) >= 11 is 1.46. The Hall–Kier alpha value is -4.97. The zero-order valence-electron chi connectivity index (χ0n) is 33.2. The maximum atomic E-state index is 2.35. The molecule has 0 aromatic heterocycles. The van der Waals surface area contributed by atoms with Crippen LogP contribution in [0.4, 0.5) is 0 Å². The molecule has 0 aliphatic carbocycles. The number of fused-ring (bicyclic) bond motifs is 5. The van der Waals surface area contributed by atoms with Gasteiger partial charge in [-0.15, -0.1) is 74.3 Å². The van der Waals surface area contributed by atoms with Crippen LogP contribution in [0.3, 0.4) is 0 Å². The van der Waals surface area contributed by atoms with E-state index in [1.807, 2.05) is 0 Å². The molecule has 0 spiro atoms. The van der Waals surface area contributed by atoms with Crippen LogP contribution in [0, 0.1) is 6.92 Å². The molecule has 0 radical (unpaired) electrons. The standard InChI is InChI=1S/C21H25.C20H15.C13H10.Zr/c1-20(2,3)16-7-9-18-14(12-16)11-15-13-17(21(4,5)6)8-10-19(15)18;1-14-12-16-8-5-11-19(20(16)13-14)18-10-4-7-15-6-2-3-9-17(15)18;1-3-7-12(8-4-1)11-13-9-5-2-6-10-13;/h7-13H,1-6H3;2-13H,1H3;1-10H;/q2*-1;;+2. The van der Waals surface area contributed by atoms with Crippen LogP contribution < -0.4 is 0 Å². The van der Waals surface area contributed by atoms with E-state index >= 15 is 0 Å². The summed E-state index contributed by atoms with van der Waals surface area (Å²) in [6.07, 6.45) is 0. The Bertz CT molecular complexity index is 2610. The van der Waals surface area contributed by atoms with Crippen molar-refractivity contribution in [3.63, 3.8) is 0 Å². The van der Waals surface area contributed by atoms with Crippen molar-refractivity contribution >= 4 is 46.3 Å². The number of hydrogen-bond donors (Lipinski definition) is 0. The van der Waals surface area contributed by atoms with Gasteiger partial charge >= 0.3 is 99.2 Å². The third kappa shape index (κ3) is 8.64. The average molecular weight is 790 g/mol. The Balaban J connectivity index is 0.000000130. The molecule has 0 nitrogen and oxygen atoms in total. The fourth-order valence-electron chi connectivity index (χ4n) is 7.41. The molecular weight excluding hydrogens is 740 g/mol. The summed E-state index contributed by atoms with van der Waals surface area (Å²) in [7, 11) is 0. The van der Waals surface area contributed by atoms with E-state index in [1.165, 1.54) is 109 Å². The molecule has 9 aromatic carbocycles. The SMILES string of the molecule is CC(C)(C)c1ccc2c(c1)[cH-]c1cc(C(C)(C)C)ccc12.Cc1cc2c(-c3cccc4ccccc34)cccc2[cH-]1.[Zr+2]=[C](c1ccccc1)c1ccccc1. The molecule has 0 atom stereocenters. The van der Waals surface area contributed by atoms with E-state index < -0.39 is 0 Å². The van der Waals surface area contributed by atoms with E-state index in [9.17, 15) is 0 Å². The summed E-state index contributed by atoms with van der Waals surface area (Å²) in [5.41, 5.74) is 9.85. The number of rotatable bonds is 3. The van der Waals surface area contributed by atoms with Gasteiger partial charge in [-0.2, -0.15) is 6.07 Å². The predicted molar refractivity (Wildman–Crippen MR) is 238 cm³/mol. The van der Waals surface area contributed by atoms with Gasteiger partial charge in [-0.25, -0.2) is 0 Å². The second-order valence-corrected chi connectivity index (χ2v) is 18.0. The molecule has 0 bridgehead atoms. The third-order valence-corrected chi connectivity index (χ3v) is 12.0. The first-order chi connectivity index (χ1) is 26.4. The third-order valence-electron chi connectivity index (χ3n) is 10.5. The van der Waals surface area contributed by atoms with E-state index in [1.54, 1.807) is 0 Å². The van der Waals surface area contributed by atoms with Crippen LogP contribution in [0.15, 0.2) is 176 Å². The molecule has 55 heavy (non-hydrogen) atoms. The Kier molecular flexibility index (Phi) is 11.2. The Morgan fingerprint density at radius 3 is 1.44 bits per heavy atom. The Labute approximate surface area is 342 Å². The van der Waals surface area contributed by atoms with Crippen molar-refractivity contribution < 1.29 is 24.2 Å². The van der Waals surface area contributed by atoms with Gasteiger partial charge in [0.25, 0.3) is 0 Å². The van der Waals surface area contributed by atoms with Gasteiger partial charge in [-0.05, 0) is 27.2 Å². The Morgan fingerprint density at radius 1 is 0.418 bits per heavy atom. The molecule has 270 valence electrons. The summed E-state index contributed by atoms with van der Waals surface area (Å²) in [4.78, 5) is 0. The first-order valence-corrected chi connectivity index (χ1v) is 20.6. The average Bonchev–Trinajstić information content (AvgIpc) is 3.77. The van der Waals surface area contributed by atoms with Gasteiger partial charge in [0.15, 0.2) is 0 Å². The normalized spacial score (nSPS) is 11.7. The fraction of sp³-hybridized carbons (Fsp3) is 0.167. The van der Waals surface area contributed by atoms with Crippen LogP contribution in [0.2, 0.25) is 0 Å². The van der Waals surface area contributed by atoms with Crippen molar-refractivity contribution in [2.75, 3.05) is 0 Å². The van der Waals surface area contributed by atoms with Gasteiger partial charge in [0.1, 0.15) is 0 Å².